The zero-order chi connectivity index (χ0) is 23.1. The van der Waals surface area contributed by atoms with Crippen molar-refractivity contribution in [3.05, 3.63) is 76.3 Å². The maximum Gasteiger partial charge on any atom is 0.237 e. The fourth-order valence-corrected chi connectivity index (χ4v) is 3.57. The fraction of sp³-hybridized carbons (Fsp3) is 0.304. The lowest BCUT2D eigenvalue weighted by molar-refractivity contribution is -0.122. The number of hydrogen-bond acceptors (Lipinski definition) is 6. The van der Waals surface area contributed by atoms with Gasteiger partial charge in [0.2, 0.25) is 5.91 Å². The molecule has 0 aliphatic rings. The van der Waals surface area contributed by atoms with E-state index in [0.717, 1.165) is 12.8 Å². The number of halogens is 4. The van der Waals surface area contributed by atoms with Gasteiger partial charge in [0, 0.05) is 16.1 Å². The van der Waals surface area contributed by atoms with Crippen molar-refractivity contribution in [2.24, 2.45) is 11.5 Å². The van der Waals surface area contributed by atoms with Gasteiger partial charge >= 0.3 is 0 Å². The molecule has 0 aliphatic carbocycles. The number of unbranched alkanes of at least 4 members (excludes halogenated alkanes) is 1. The minimum atomic E-state index is -0.621. The first kappa shape index (κ1) is 33.4. The number of nitrogens with zero attached hydrogens (tertiary/aromatic N) is 3. The molecule has 0 saturated heterocycles. The minimum Gasteiger partial charge on any atom is -0.347 e. The van der Waals surface area contributed by atoms with Gasteiger partial charge in [0.15, 0.2) is 11.6 Å². The summed E-state index contributed by atoms with van der Waals surface area (Å²) >= 11 is 6.21. The molecule has 192 valence electrons. The van der Waals surface area contributed by atoms with E-state index in [1.54, 1.807) is 54.0 Å². The molecule has 0 saturated carbocycles. The average molecular weight is 698 g/mol. The van der Waals surface area contributed by atoms with Crippen LogP contribution in [0.4, 0.5) is 0 Å². The van der Waals surface area contributed by atoms with E-state index < -0.39 is 6.04 Å². The van der Waals surface area contributed by atoms with E-state index in [0.29, 0.717) is 46.5 Å². The van der Waals surface area contributed by atoms with E-state index in [1.807, 2.05) is 6.07 Å². The van der Waals surface area contributed by atoms with Crippen LogP contribution in [0.5, 0.6) is 0 Å². The van der Waals surface area contributed by atoms with Crippen molar-refractivity contribution in [2.45, 2.75) is 38.8 Å². The number of nitrogens with one attached hydrogen (secondary N) is 1. The lowest BCUT2D eigenvalue weighted by atomic mass is 10.0. The van der Waals surface area contributed by atoms with Crippen molar-refractivity contribution in [1.29, 1.82) is 0 Å². The molecule has 0 bridgehead atoms. The van der Waals surface area contributed by atoms with Gasteiger partial charge in [0.1, 0.15) is 5.82 Å². The summed E-state index contributed by atoms with van der Waals surface area (Å²) in [6.45, 7) is 2.47. The second-order valence-corrected chi connectivity index (χ2v) is 7.90. The van der Waals surface area contributed by atoms with Gasteiger partial charge in [-0.3, -0.25) is 14.2 Å². The van der Waals surface area contributed by atoms with E-state index in [-0.39, 0.29) is 69.2 Å². The van der Waals surface area contributed by atoms with Crippen LogP contribution in [-0.2, 0) is 11.3 Å². The monoisotopic (exact) mass is 694 g/mol. The first-order valence-corrected chi connectivity index (χ1v) is 10.8. The molecule has 3 aromatic rings. The third-order valence-electron chi connectivity index (χ3n) is 5.10. The van der Waals surface area contributed by atoms with Crippen LogP contribution in [-0.4, -0.2) is 39.0 Å². The van der Waals surface area contributed by atoms with E-state index in [2.05, 4.69) is 15.5 Å². The van der Waals surface area contributed by atoms with Crippen LogP contribution in [0, 0.1) is 6.92 Å². The summed E-state index contributed by atoms with van der Waals surface area (Å²) < 4.78 is 1.74. The van der Waals surface area contributed by atoms with Crippen LogP contribution in [0.2, 0.25) is 5.02 Å². The standard InChI is InChI=1S/C23H27ClN6O2.3BrH/c1-15-28-29-21(14-27-23(32)19(26)9-5-6-12-25)30(15)20-11-10-17(24)13-18(20)22(31)16-7-3-2-4-8-16;;;/h2-4,7-8,10-11,13,19H,5-6,9,12,14,25-26H2,1H3,(H,27,32);3*1H/t19-;;;/m0.../s1. The van der Waals surface area contributed by atoms with Crippen LogP contribution in [0.1, 0.15) is 46.8 Å². The van der Waals surface area contributed by atoms with Gasteiger partial charge in [0.25, 0.3) is 0 Å². The molecule has 0 unspecified atom stereocenters. The molecule has 0 spiro atoms. The van der Waals surface area contributed by atoms with Gasteiger partial charge in [0.05, 0.1) is 18.3 Å². The van der Waals surface area contributed by atoms with Gasteiger partial charge in [-0.1, -0.05) is 48.4 Å². The molecule has 2 aromatic carbocycles. The molecule has 1 aromatic heterocycles. The normalized spacial score (nSPS) is 10.9. The first-order valence-electron chi connectivity index (χ1n) is 10.5. The second-order valence-electron chi connectivity index (χ2n) is 7.46. The van der Waals surface area contributed by atoms with Gasteiger partial charge in [-0.15, -0.1) is 61.1 Å². The lowest BCUT2D eigenvalue weighted by Gasteiger charge is -2.15. The number of hydrogen-bond donors (Lipinski definition) is 3. The largest absolute Gasteiger partial charge is 0.347 e. The second kappa shape index (κ2) is 16.2. The molecule has 1 atom stereocenters. The highest BCUT2D eigenvalue weighted by Gasteiger charge is 2.21. The Labute approximate surface area is 241 Å². The maximum absolute atomic E-state index is 13.2. The molecule has 0 fully saturated rings. The van der Waals surface area contributed by atoms with Crippen molar-refractivity contribution in [3.63, 3.8) is 0 Å². The van der Waals surface area contributed by atoms with Crippen LogP contribution < -0.4 is 16.8 Å². The summed E-state index contributed by atoms with van der Waals surface area (Å²) in [6, 6.07) is 13.4. The van der Waals surface area contributed by atoms with Gasteiger partial charge in [-0.2, -0.15) is 0 Å². The Hall–Kier alpha value is -1.63. The number of benzene rings is 2. The Morgan fingerprint density at radius 1 is 1.06 bits per heavy atom. The van der Waals surface area contributed by atoms with E-state index in [4.69, 9.17) is 23.1 Å². The Balaban J connectivity index is 0.00000385. The number of carbonyl (C=O) groups excluding carboxylic acids is 2. The zero-order valence-corrected chi connectivity index (χ0v) is 25.0. The average Bonchev–Trinajstić information content (AvgIpc) is 3.17. The number of carbonyl (C=O) groups is 2. The summed E-state index contributed by atoms with van der Waals surface area (Å²) in [5.74, 6) is 0.611. The van der Waals surface area contributed by atoms with E-state index in [9.17, 15) is 9.59 Å². The third kappa shape index (κ3) is 8.76. The highest BCUT2D eigenvalue weighted by atomic mass is 79.9. The van der Waals surface area contributed by atoms with Crippen molar-refractivity contribution >= 4 is 74.2 Å². The van der Waals surface area contributed by atoms with E-state index >= 15 is 0 Å². The Kier molecular flexibility index (Phi) is 15.4. The summed E-state index contributed by atoms with van der Waals surface area (Å²) in [4.78, 5) is 25.6. The van der Waals surface area contributed by atoms with Crippen molar-refractivity contribution in [2.75, 3.05) is 6.54 Å². The Bertz CT molecular complexity index is 1100. The third-order valence-corrected chi connectivity index (χ3v) is 5.33. The van der Waals surface area contributed by atoms with Crippen molar-refractivity contribution in [1.82, 2.24) is 20.1 Å². The number of nitrogens with two attached hydrogens (primary N) is 2. The van der Waals surface area contributed by atoms with Crippen molar-refractivity contribution in [3.8, 4) is 5.69 Å². The molecule has 3 rings (SSSR count). The quantitative estimate of drug-likeness (QED) is 0.215. The molecule has 12 heteroatoms. The van der Waals surface area contributed by atoms with Crippen molar-refractivity contribution < 1.29 is 9.59 Å². The van der Waals surface area contributed by atoms with E-state index in [1.165, 1.54) is 0 Å². The van der Waals surface area contributed by atoms with Gasteiger partial charge < -0.3 is 16.8 Å². The summed E-state index contributed by atoms with van der Waals surface area (Å²) in [6.07, 6.45) is 2.17. The summed E-state index contributed by atoms with van der Waals surface area (Å²) in [5, 5.41) is 11.6. The predicted molar refractivity (Wildman–Crippen MR) is 155 cm³/mol. The van der Waals surface area contributed by atoms with Gasteiger partial charge in [-0.05, 0) is 44.5 Å². The predicted octanol–water partition coefficient (Wildman–Crippen LogP) is 4.27. The molecular weight excluding hydrogens is 667 g/mol. The fourth-order valence-electron chi connectivity index (χ4n) is 3.40. The molecular formula is C23H30Br3ClN6O2. The van der Waals surface area contributed by atoms with Gasteiger partial charge in [-0.25, -0.2) is 0 Å². The van der Waals surface area contributed by atoms with Crippen LogP contribution >= 0.6 is 62.5 Å². The SMILES string of the molecule is Br.Br.Br.Cc1nnc(CNC(=O)[C@@H](N)CCCCN)n1-c1ccc(Cl)cc1C(=O)c1ccccc1. The molecule has 1 heterocycles. The highest BCUT2D eigenvalue weighted by Crippen LogP contribution is 2.25. The molecule has 8 nitrogen and oxygen atoms in total. The number of aromatic nitrogens is 3. The topological polar surface area (TPSA) is 129 Å². The van der Waals surface area contributed by atoms with Crippen LogP contribution in [0.15, 0.2) is 48.5 Å². The first-order chi connectivity index (χ1) is 15.4. The summed E-state index contributed by atoms with van der Waals surface area (Å²) in [5.41, 5.74) is 13.0. The number of aryl methyl sites for hydroxylation is 1. The zero-order valence-electron chi connectivity index (χ0n) is 19.1. The Morgan fingerprint density at radius 2 is 1.74 bits per heavy atom. The van der Waals surface area contributed by atoms with Crippen LogP contribution in [0.3, 0.4) is 0 Å². The van der Waals surface area contributed by atoms with Crippen LogP contribution in [0.25, 0.3) is 5.69 Å². The lowest BCUT2D eigenvalue weighted by Crippen LogP contribution is -2.40. The molecule has 0 radical (unpaired) electrons. The highest BCUT2D eigenvalue weighted by molar-refractivity contribution is 8.93. The molecule has 35 heavy (non-hydrogen) atoms. The maximum atomic E-state index is 13.2. The molecule has 1 amide bonds. The number of rotatable bonds is 10. The number of ketones is 1. The Morgan fingerprint density at radius 3 is 2.40 bits per heavy atom. The smallest absolute Gasteiger partial charge is 0.237 e. The number of amides is 1. The summed E-state index contributed by atoms with van der Waals surface area (Å²) in [7, 11) is 0. The minimum absolute atomic E-state index is 0. The molecule has 0 aliphatic heterocycles. The molecule has 5 N–H and O–H groups in total.